The van der Waals surface area contributed by atoms with Gasteiger partial charge >= 0.3 is 0 Å². The summed E-state index contributed by atoms with van der Waals surface area (Å²) < 4.78 is 12.8. The van der Waals surface area contributed by atoms with Crippen LogP contribution in [0.25, 0.3) is 121 Å². The van der Waals surface area contributed by atoms with E-state index in [2.05, 4.69) is 170 Å². The van der Waals surface area contributed by atoms with Crippen molar-refractivity contribution >= 4 is 76.2 Å². The van der Waals surface area contributed by atoms with Gasteiger partial charge < -0.3 is 8.83 Å². The van der Waals surface area contributed by atoms with E-state index >= 15 is 0 Å². The Kier molecular flexibility index (Phi) is 6.66. The minimum absolute atomic E-state index is 0.892. The van der Waals surface area contributed by atoms with Gasteiger partial charge in [0, 0.05) is 21.5 Å². The molecule has 12 rings (SSSR count). The van der Waals surface area contributed by atoms with Gasteiger partial charge in [0.25, 0.3) is 0 Å². The maximum Gasteiger partial charge on any atom is 0.136 e. The first-order chi connectivity index (χ1) is 27.8. The maximum absolute atomic E-state index is 6.42. The van der Waals surface area contributed by atoms with Gasteiger partial charge in [-0.15, -0.1) is 0 Å². The molecule has 2 heterocycles. The molecule has 0 aliphatic heterocycles. The molecule has 0 bridgehead atoms. The standard InChI is InChI=1S/C54H32O2/c1-2-12-33(13-3-1)39-20-8-14-34-15-9-23-46(53(34)39)54-44-21-10-18-37(35-26-28-42-40-16-4-6-24-49(40)55-51(42)30-35)47(44)32-48-38(19-11-22-45(48)54)36-27-29-43-41-17-5-7-25-50(41)56-52(43)31-36/h1-32H. The van der Waals surface area contributed by atoms with Crippen LogP contribution in [-0.4, -0.2) is 0 Å². The molecule has 0 amide bonds. The number of benzene rings is 10. The van der Waals surface area contributed by atoms with E-state index in [0.29, 0.717) is 0 Å². The van der Waals surface area contributed by atoms with E-state index in [0.717, 1.165) is 55.0 Å². The van der Waals surface area contributed by atoms with Crippen molar-refractivity contribution in [3.63, 3.8) is 0 Å². The predicted octanol–water partition coefficient (Wildman–Crippen LogP) is 15.6. The lowest BCUT2D eigenvalue weighted by Gasteiger charge is -2.19. The van der Waals surface area contributed by atoms with Crippen molar-refractivity contribution in [3.8, 4) is 44.5 Å². The van der Waals surface area contributed by atoms with Crippen LogP contribution in [0.4, 0.5) is 0 Å². The Morgan fingerprint density at radius 1 is 0.250 bits per heavy atom. The minimum Gasteiger partial charge on any atom is -0.456 e. The first-order valence-corrected chi connectivity index (χ1v) is 19.2. The molecule has 2 heteroatoms. The van der Waals surface area contributed by atoms with Crippen molar-refractivity contribution in [1.29, 1.82) is 0 Å². The molecule has 0 radical (unpaired) electrons. The molecular weight excluding hydrogens is 681 g/mol. The maximum atomic E-state index is 6.42. The molecule has 0 atom stereocenters. The second kappa shape index (κ2) is 12.0. The molecule has 2 aromatic heterocycles. The van der Waals surface area contributed by atoms with Crippen LogP contribution in [-0.2, 0) is 0 Å². The average Bonchev–Trinajstić information content (AvgIpc) is 3.82. The van der Waals surface area contributed by atoms with Crippen LogP contribution in [0.2, 0.25) is 0 Å². The molecule has 0 saturated heterocycles. The highest BCUT2D eigenvalue weighted by molar-refractivity contribution is 6.23. The molecule has 0 aliphatic rings. The number of fused-ring (bicyclic) bond motifs is 9. The van der Waals surface area contributed by atoms with E-state index in [4.69, 9.17) is 8.83 Å². The number of hydrogen-bond donors (Lipinski definition) is 0. The van der Waals surface area contributed by atoms with Gasteiger partial charge in [-0.1, -0.05) is 152 Å². The normalized spacial score (nSPS) is 11.9. The topological polar surface area (TPSA) is 26.3 Å². The van der Waals surface area contributed by atoms with Gasteiger partial charge in [0.15, 0.2) is 0 Å². The lowest BCUT2D eigenvalue weighted by Crippen LogP contribution is -1.92. The third kappa shape index (κ3) is 4.63. The van der Waals surface area contributed by atoms with E-state index in [1.54, 1.807) is 0 Å². The number of rotatable bonds is 4. The summed E-state index contributed by atoms with van der Waals surface area (Å²) in [5.41, 5.74) is 13.0. The van der Waals surface area contributed by atoms with Crippen molar-refractivity contribution < 1.29 is 8.83 Å². The molecule has 260 valence electrons. The minimum atomic E-state index is 0.892. The SMILES string of the molecule is c1ccc(-c2cccc3cccc(-c4c5cccc(-c6ccc7c(c6)oc6ccccc67)c5cc5c(-c6ccc7c(c6)oc6ccccc67)cccc45)c23)cc1. The van der Waals surface area contributed by atoms with Crippen LogP contribution in [0.3, 0.4) is 0 Å². The summed E-state index contributed by atoms with van der Waals surface area (Å²) in [6.45, 7) is 0. The van der Waals surface area contributed by atoms with E-state index < -0.39 is 0 Å². The van der Waals surface area contributed by atoms with Crippen LogP contribution in [0.15, 0.2) is 203 Å². The van der Waals surface area contributed by atoms with Crippen molar-refractivity contribution in [1.82, 2.24) is 0 Å². The zero-order chi connectivity index (χ0) is 36.7. The molecular formula is C54H32O2. The Morgan fingerprint density at radius 2 is 0.714 bits per heavy atom. The Labute approximate surface area is 322 Å². The highest BCUT2D eigenvalue weighted by atomic mass is 16.3. The molecule has 0 fully saturated rings. The van der Waals surface area contributed by atoms with Crippen molar-refractivity contribution in [3.05, 3.63) is 194 Å². The second-order valence-corrected chi connectivity index (χ2v) is 14.7. The first-order valence-electron chi connectivity index (χ1n) is 19.2. The zero-order valence-corrected chi connectivity index (χ0v) is 30.3. The predicted molar refractivity (Wildman–Crippen MR) is 235 cm³/mol. The van der Waals surface area contributed by atoms with Crippen molar-refractivity contribution in [2.45, 2.75) is 0 Å². The second-order valence-electron chi connectivity index (χ2n) is 14.7. The van der Waals surface area contributed by atoms with Crippen LogP contribution >= 0.6 is 0 Å². The molecule has 0 N–H and O–H groups in total. The van der Waals surface area contributed by atoms with E-state index in [1.165, 1.54) is 65.7 Å². The number of hydrogen-bond acceptors (Lipinski definition) is 2. The highest BCUT2D eigenvalue weighted by Crippen LogP contribution is 2.47. The molecule has 0 unspecified atom stereocenters. The van der Waals surface area contributed by atoms with Gasteiger partial charge in [0.2, 0.25) is 0 Å². The molecule has 2 nitrogen and oxygen atoms in total. The van der Waals surface area contributed by atoms with E-state index in [9.17, 15) is 0 Å². The van der Waals surface area contributed by atoms with Crippen molar-refractivity contribution in [2.75, 3.05) is 0 Å². The van der Waals surface area contributed by atoms with Crippen LogP contribution in [0.1, 0.15) is 0 Å². The third-order valence-corrected chi connectivity index (χ3v) is 11.7. The average molecular weight is 713 g/mol. The lowest BCUT2D eigenvalue weighted by atomic mass is 9.83. The van der Waals surface area contributed by atoms with Crippen LogP contribution in [0, 0.1) is 0 Å². The Hall–Kier alpha value is -7.42. The fourth-order valence-electron chi connectivity index (χ4n) is 9.15. The van der Waals surface area contributed by atoms with Crippen LogP contribution in [0.5, 0.6) is 0 Å². The smallest absolute Gasteiger partial charge is 0.136 e. The zero-order valence-electron chi connectivity index (χ0n) is 30.3. The molecule has 12 aromatic rings. The fourth-order valence-corrected chi connectivity index (χ4v) is 9.15. The van der Waals surface area contributed by atoms with Gasteiger partial charge in [0.05, 0.1) is 0 Å². The van der Waals surface area contributed by atoms with Gasteiger partial charge in [-0.3, -0.25) is 0 Å². The van der Waals surface area contributed by atoms with Crippen LogP contribution < -0.4 is 0 Å². The number of furan rings is 2. The van der Waals surface area contributed by atoms with Gasteiger partial charge in [-0.25, -0.2) is 0 Å². The summed E-state index contributed by atoms with van der Waals surface area (Å²) >= 11 is 0. The Morgan fingerprint density at radius 3 is 1.30 bits per heavy atom. The molecule has 0 saturated carbocycles. The molecule has 0 spiro atoms. The molecule has 10 aromatic carbocycles. The first kappa shape index (κ1) is 31.0. The van der Waals surface area contributed by atoms with Gasteiger partial charge in [-0.2, -0.15) is 0 Å². The quantitative estimate of drug-likeness (QED) is 0.170. The summed E-state index contributed by atoms with van der Waals surface area (Å²) in [6, 6.07) is 70.0. The summed E-state index contributed by atoms with van der Waals surface area (Å²) in [7, 11) is 0. The monoisotopic (exact) mass is 712 g/mol. The summed E-state index contributed by atoms with van der Waals surface area (Å²) in [6.07, 6.45) is 0. The Bertz CT molecular complexity index is 3350. The molecule has 56 heavy (non-hydrogen) atoms. The lowest BCUT2D eigenvalue weighted by molar-refractivity contribution is 0.668. The molecule has 0 aliphatic carbocycles. The van der Waals surface area contributed by atoms with E-state index in [-0.39, 0.29) is 0 Å². The van der Waals surface area contributed by atoms with Crippen molar-refractivity contribution in [2.24, 2.45) is 0 Å². The summed E-state index contributed by atoms with van der Waals surface area (Å²) in [4.78, 5) is 0. The third-order valence-electron chi connectivity index (χ3n) is 11.7. The summed E-state index contributed by atoms with van der Waals surface area (Å²) in [5.74, 6) is 0. The largest absolute Gasteiger partial charge is 0.456 e. The Balaban J connectivity index is 1.19. The number of para-hydroxylation sites is 2. The van der Waals surface area contributed by atoms with E-state index in [1.807, 2.05) is 24.3 Å². The van der Waals surface area contributed by atoms with Gasteiger partial charge in [0.1, 0.15) is 22.3 Å². The highest BCUT2D eigenvalue weighted by Gasteiger charge is 2.20. The summed E-state index contributed by atoms with van der Waals surface area (Å²) in [5, 5.41) is 11.8. The fraction of sp³-hybridized carbons (Fsp3) is 0. The van der Waals surface area contributed by atoms with Gasteiger partial charge in [-0.05, 0) is 119 Å².